The van der Waals surface area contributed by atoms with Crippen LogP contribution in [0.1, 0.15) is 35.9 Å². The number of morpholine rings is 1. The molecular weight excluding hydrogens is 390 g/mol. The third kappa shape index (κ3) is 6.19. The van der Waals surface area contributed by atoms with Crippen LogP contribution in [0.25, 0.3) is 0 Å². The summed E-state index contributed by atoms with van der Waals surface area (Å²) < 4.78 is 11.2. The number of ether oxygens (including phenoxy) is 1. The van der Waals surface area contributed by atoms with Crippen LogP contribution in [0.5, 0.6) is 0 Å². The molecule has 1 aliphatic heterocycles. The van der Waals surface area contributed by atoms with E-state index in [0.29, 0.717) is 19.0 Å². The van der Waals surface area contributed by atoms with E-state index in [4.69, 9.17) is 20.8 Å². The topological polar surface area (TPSA) is 74.9 Å². The summed E-state index contributed by atoms with van der Waals surface area (Å²) in [6.07, 6.45) is 0. The summed E-state index contributed by atoms with van der Waals surface area (Å²) in [6, 6.07) is 8.23. The Hall–Kier alpha value is -2.09. The van der Waals surface area contributed by atoms with Gasteiger partial charge in [0, 0.05) is 31.2 Å². The van der Waals surface area contributed by atoms with Crippen molar-refractivity contribution in [2.24, 2.45) is 4.99 Å². The summed E-state index contributed by atoms with van der Waals surface area (Å²) in [5.74, 6) is 2.19. The minimum atomic E-state index is 0.174. The van der Waals surface area contributed by atoms with E-state index in [9.17, 15) is 0 Å². The zero-order valence-electron chi connectivity index (χ0n) is 17.4. The summed E-state index contributed by atoms with van der Waals surface area (Å²) in [4.78, 5) is 11.5. The van der Waals surface area contributed by atoms with E-state index in [0.717, 1.165) is 55.3 Å². The largest absolute Gasteiger partial charge is 0.444 e. The second kappa shape index (κ2) is 10.6. The number of halogens is 1. The normalized spacial score (nSPS) is 16.6. The lowest BCUT2D eigenvalue weighted by Crippen LogP contribution is -2.46. The number of guanidine groups is 1. The quantitative estimate of drug-likeness (QED) is 0.530. The van der Waals surface area contributed by atoms with Crippen LogP contribution in [0.15, 0.2) is 33.7 Å². The third-order valence-corrected chi connectivity index (χ3v) is 5.21. The first kappa shape index (κ1) is 21.6. The van der Waals surface area contributed by atoms with Crippen molar-refractivity contribution in [3.63, 3.8) is 0 Å². The monoisotopic (exact) mass is 419 g/mol. The summed E-state index contributed by atoms with van der Waals surface area (Å²) in [6.45, 7) is 11.0. The first-order valence-electron chi connectivity index (χ1n) is 10.1. The van der Waals surface area contributed by atoms with Gasteiger partial charge in [-0.05, 0) is 38.5 Å². The zero-order chi connectivity index (χ0) is 20.6. The third-order valence-electron chi connectivity index (χ3n) is 4.97. The van der Waals surface area contributed by atoms with Crippen molar-refractivity contribution in [1.29, 1.82) is 0 Å². The van der Waals surface area contributed by atoms with Gasteiger partial charge in [-0.1, -0.05) is 23.7 Å². The van der Waals surface area contributed by atoms with Crippen molar-refractivity contribution in [1.82, 2.24) is 20.5 Å². The number of nitrogens with zero attached hydrogens (tertiary/aromatic N) is 3. The fraction of sp³-hybridized carbons (Fsp3) is 0.524. The molecule has 1 fully saturated rings. The van der Waals surface area contributed by atoms with Crippen molar-refractivity contribution in [2.75, 3.05) is 39.4 Å². The van der Waals surface area contributed by atoms with Crippen LogP contribution in [-0.4, -0.2) is 55.2 Å². The van der Waals surface area contributed by atoms with Gasteiger partial charge in [0.1, 0.15) is 12.3 Å². The number of oxazole rings is 1. The van der Waals surface area contributed by atoms with Crippen molar-refractivity contribution >= 4 is 17.6 Å². The molecule has 0 spiro atoms. The lowest BCUT2D eigenvalue weighted by atomic mass is 10.0. The van der Waals surface area contributed by atoms with Gasteiger partial charge in [-0.2, -0.15) is 0 Å². The first-order valence-corrected chi connectivity index (χ1v) is 10.5. The number of aryl methyl sites for hydroxylation is 2. The Morgan fingerprint density at radius 1 is 1.28 bits per heavy atom. The Bertz CT molecular complexity index is 798. The minimum Gasteiger partial charge on any atom is -0.444 e. The first-order chi connectivity index (χ1) is 14.1. The number of nitrogens with one attached hydrogen (secondary N) is 2. The zero-order valence-corrected chi connectivity index (χ0v) is 18.1. The SMILES string of the molecule is CCNC(=NCc1nc(C)c(C)o1)NCC(c1cccc(Cl)c1)N1CCOCC1. The molecule has 1 aromatic heterocycles. The van der Waals surface area contributed by atoms with E-state index in [1.165, 1.54) is 5.56 Å². The van der Waals surface area contributed by atoms with Crippen molar-refractivity contribution < 1.29 is 9.15 Å². The number of aromatic nitrogens is 1. The predicted molar refractivity (Wildman–Crippen MR) is 115 cm³/mol. The second-order valence-corrected chi connectivity index (χ2v) is 7.48. The molecule has 0 bridgehead atoms. The van der Waals surface area contributed by atoms with Crippen LogP contribution in [0.3, 0.4) is 0 Å². The fourth-order valence-corrected chi connectivity index (χ4v) is 3.55. The van der Waals surface area contributed by atoms with E-state index < -0.39 is 0 Å². The Kier molecular flexibility index (Phi) is 7.91. The maximum Gasteiger partial charge on any atom is 0.216 e. The van der Waals surface area contributed by atoms with Crippen LogP contribution in [0, 0.1) is 13.8 Å². The van der Waals surface area contributed by atoms with Crippen LogP contribution >= 0.6 is 11.6 Å². The van der Waals surface area contributed by atoms with Gasteiger partial charge in [0.2, 0.25) is 5.89 Å². The molecule has 0 saturated carbocycles. The molecule has 3 rings (SSSR count). The van der Waals surface area contributed by atoms with Gasteiger partial charge in [0.25, 0.3) is 0 Å². The molecule has 158 valence electrons. The Balaban J connectivity index is 1.71. The molecule has 1 aliphatic rings. The maximum absolute atomic E-state index is 6.26. The number of hydrogen-bond donors (Lipinski definition) is 2. The molecule has 29 heavy (non-hydrogen) atoms. The van der Waals surface area contributed by atoms with E-state index in [-0.39, 0.29) is 6.04 Å². The molecular formula is C21H30ClN5O2. The van der Waals surface area contributed by atoms with E-state index in [1.807, 2.05) is 39.0 Å². The molecule has 1 saturated heterocycles. The van der Waals surface area contributed by atoms with Crippen LogP contribution in [-0.2, 0) is 11.3 Å². The van der Waals surface area contributed by atoms with E-state index >= 15 is 0 Å². The number of benzene rings is 1. The Labute approximate surface area is 177 Å². The molecule has 0 aliphatic carbocycles. The molecule has 1 aromatic carbocycles. The van der Waals surface area contributed by atoms with Gasteiger partial charge in [-0.25, -0.2) is 9.98 Å². The van der Waals surface area contributed by atoms with E-state index in [2.05, 4.69) is 31.6 Å². The highest BCUT2D eigenvalue weighted by atomic mass is 35.5. The average Bonchev–Trinajstić information content (AvgIpc) is 3.04. The van der Waals surface area contributed by atoms with Gasteiger partial charge >= 0.3 is 0 Å². The van der Waals surface area contributed by atoms with Crippen LogP contribution in [0.4, 0.5) is 0 Å². The highest BCUT2D eigenvalue weighted by Crippen LogP contribution is 2.24. The van der Waals surface area contributed by atoms with Crippen LogP contribution in [0.2, 0.25) is 5.02 Å². The van der Waals surface area contributed by atoms with Gasteiger partial charge in [0.15, 0.2) is 5.96 Å². The van der Waals surface area contributed by atoms with E-state index in [1.54, 1.807) is 0 Å². The van der Waals surface area contributed by atoms with Gasteiger partial charge in [-0.3, -0.25) is 4.90 Å². The van der Waals surface area contributed by atoms with Crippen LogP contribution < -0.4 is 10.6 Å². The van der Waals surface area contributed by atoms with Crippen molar-refractivity contribution in [3.05, 3.63) is 52.2 Å². The molecule has 2 heterocycles. The van der Waals surface area contributed by atoms with Crippen molar-refractivity contribution in [2.45, 2.75) is 33.4 Å². The van der Waals surface area contributed by atoms with Gasteiger partial charge in [-0.15, -0.1) is 0 Å². The van der Waals surface area contributed by atoms with Gasteiger partial charge in [0.05, 0.1) is 24.9 Å². The van der Waals surface area contributed by atoms with Crippen molar-refractivity contribution in [3.8, 4) is 0 Å². The Morgan fingerprint density at radius 3 is 2.72 bits per heavy atom. The minimum absolute atomic E-state index is 0.174. The average molecular weight is 420 g/mol. The molecule has 2 aromatic rings. The Morgan fingerprint density at radius 2 is 2.07 bits per heavy atom. The van der Waals surface area contributed by atoms with Gasteiger partial charge < -0.3 is 19.8 Å². The lowest BCUT2D eigenvalue weighted by Gasteiger charge is -2.35. The predicted octanol–water partition coefficient (Wildman–Crippen LogP) is 3.07. The number of rotatable bonds is 7. The summed E-state index contributed by atoms with van der Waals surface area (Å²) in [5, 5.41) is 7.51. The number of aliphatic imine (C=N–C) groups is 1. The lowest BCUT2D eigenvalue weighted by molar-refractivity contribution is 0.0170. The molecule has 7 nitrogen and oxygen atoms in total. The molecule has 0 amide bonds. The molecule has 1 atom stereocenters. The standard InChI is InChI=1S/C21H30ClN5O2/c1-4-23-21(25-14-20-26-15(2)16(3)29-20)24-13-19(27-8-10-28-11-9-27)17-6-5-7-18(22)12-17/h5-7,12,19H,4,8-11,13-14H2,1-3H3,(H2,23,24,25). The highest BCUT2D eigenvalue weighted by Gasteiger charge is 2.23. The number of hydrogen-bond acceptors (Lipinski definition) is 5. The summed E-state index contributed by atoms with van der Waals surface area (Å²) in [5.41, 5.74) is 2.09. The fourth-order valence-electron chi connectivity index (χ4n) is 3.35. The smallest absolute Gasteiger partial charge is 0.216 e. The molecule has 8 heteroatoms. The second-order valence-electron chi connectivity index (χ2n) is 7.04. The summed E-state index contributed by atoms with van der Waals surface area (Å²) in [7, 11) is 0. The maximum atomic E-state index is 6.26. The molecule has 1 unspecified atom stereocenters. The molecule has 2 N–H and O–H groups in total. The summed E-state index contributed by atoms with van der Waals surface area (Å²) >= 11 is 6.26. The highest BCUT2D eigenvalue weighted by molar-refractivity contribution is 6.30. The molecule has 0 radical (unpaired) electrons.